The summed E-state index contributed by atoms with van der Waals surface area (Å²) < 4.78 is 4.91. The smallest absolute Gasteiger partial charge is 0.309 e. The maximum Gasteiger partial charge on any atom is 0.309 e. The molecule has 4 rings (SSSR count). The molecule has 0 spiro atoms. The van der Waals surface area contributed by atoms with Crippen LogP contribution >= 0.6 is 0 Å². The van der Waals surface area contributed by atoms with Gasteiger partial charge in [-0.15, -0.1) is 0 Å². The molecule has 2 heterocycles. The fraction of sp³-hybridized carbons (Fsp3) is 0.438. The zero-order chi connectivity index (χ0) is 13.7. The average Bonchev–Trinajstić information content (AvgIpc) is 2.91. The van der Waals surface area contributed by atoms with E-state index >= 15 is 0 Å². The Labute approximate surface area is 117 Å². The molecule has 2 aliphatic rings. The molecule has 4 heteroatoms. The van der Waals surface area contributed by atoms with Crippen LogP contribution in [0, 0.1) is 5.92 Å². The van der Waals surface area contributed by atoms with Gasteiger partial charge < -0.3 is 15.0 Å². The minimum Gasteiger partial charge on any atom is -0.469 e. The van der Waals surface area contributed by atoms with E-state index in [-0.39, 0.29) is 11.9 Å². The van der Waals surface area contributed by atoms with Crippen LogP contribution < -0.4 is 5.32 Å². The molecule has 4 nitrogen and oxygen atoms in total. The van der Waals surface area contributed by atoms with E-state index in [1.165, 1.54) is 29.1 Å². The van der Waals surface area contributed by atoms with E-state index in [9.17, 15) is 4.79 Å². The van der Waals surface area contributed by atoms with Crippen LogP contribution in [0.15, 0.2) is 24.4 Å². The number of hydrogen-bond donors (Lipinski definition) is 2. The number of ether oxygens (including phenoxy) is 1. The maximum absolute atomic E-state index is 11.8. The summed E-state index contributed by atoms with van der Waals surface area (Å²) in [5, 5.41) is 4.91. The number of hydrogen-bond acceptors (Lipinski definition) is 3. The van der Waals surface area contributed by atoms with Crippen LogP contribution in [0.1, 0.15) is 23.5 Å². The Morgan fingerprint density at radius 2 is 2.30 bits per heavy atom. The summed E-state index contributed by atoms with van der Waals surface area (Å²) in [6.07, 6.45) is 4.04. The largest absolute Gasteiger partial charge is 0.469 e. The van der Waals surface area contributed by atoms with Crippen molar-refractivity contribution < 1.29 is 9.53 Å². The first-order valence-electron chi connectivity index (χ1n) is 7.18. The lowest BCUT2D eigenvalue weighted by Gasteiger charge is -2.39. The third kappa shape index (κ3) is 1.61. The lowest BCUT2D eigenvalue weighted by Crippen LogP contribution is -2.48. The third-order valence-electron chi connectivity index (χ3n) is 4.84. The molecule has 1 aromatic heterocycles. The highest BCUT2D eigenvalue weighted by molar-refractivity contribution is 5.88. The Balaban J connectivity index is 1.76. The lowest BCUT2D eigenvalue weighted by molar-refractivity contribution is -0.146. The Morgan fingerprint density at radius 3 is 3.15 bits per heavy atom. The molecule has 0 radical (unpaired) electrons. The molecule has 1 fully saturated rings. The van der Waals surface area contributed by atoms with E-state index in [2.05, 4.69) is 34.7 Å². The zero-order valence-corrected chi connectivity index (χ0v) is 11.5. The Kier molecular flexibility index (Phi) is 2.60. The quantitative estimate of drug-likeness (QED) is 0.779. The monoisotopic (exact) mass is 270 g/mol. The van der Waals surface area contributed by atoms with Crippen LogP contribution in [-0.4, -0.2) is 30.6 Å². The van der Waals surface area contributed by atoms with E-state index in [0.717, 1.165) is 19.4 Å². The number of methoxy groups -OCH3 is 1. The van der Waals surface area contributed by atoms with Crippen LogP contribution in [0.2, 0.25) is 0 Å². The first-order valence-corrected chi connectivity index (χ1v) is 7.18. The highest BCUT2D eigenvalue weighted by Gasteiger charge is 2.38. The van der Waals surface area contributed by atoms with Crippen molar-refractivity contribution in [2.24, 2.45) is 5.92 Å². The van der Waals surface area contributed by atoms with Crippen LogP contribution in [0.3, 0.4) is 0 Å². The summed E-state index contributed by atoms with van der Waals surface area (Å²) in [5.41, 5.74) is 3.97. The van der Waals surface area contributed by atoms with E-state index in [0.29, 0.717) is 12.0 Å². The highest BCUT2D eigenvalue weighted by Crippen LogP contribution is 2.41. The second kappa shape index (κ2) is 4.35. The van der Waals surface area contributed by atoms with Gasteiger partial charge in [-0.25, -0.2) is 0 Å². The minimum absolute atomic E-state index is 0.0306. The summed E-state index contributed by atoms with van der Waals surface area (Å²) >= 11 is 0. The van der Waals surface area contributed by atoms with Crippen molar-refractivity contribution in [3.05, 3.63) is 35.5 Å². The topological polar surface area (TPSA) is 54.1 Å². The predicted octanol–water partition coefficient (Wildman–Crippen LogP) is 1.96. The normalized spacial score (nSPS) is 28.1. The third-order valence-corrected chi connectivity index (χ3v) is 4.84. The van der Waals surface area contributed by atoms with Crippen molar-refractivity contribution in [2.45, 2.75) is 24.8 Å². The van der Waals surface area contributed by atoms with E-state index in [1.54, 1.807) is 0 Å². The SMILES string of the molecule is COC(=O)C1CN[C@@H]2Cc3c[nH]c4cccc(c34)[C@H]2C1. The van der Waals surface area contributed by atoms with Gasteiger partial charge in [0, 0.05) is 35.6 Å². The van der Waals surface area contributed by atoms with Crippen LogP contribution in [0.4, 0.5) is 0 Å². The number of H-pyrrole nitrogens is 1. The molecule has 1 aliphatic heterocycles. The van der Waals surface area contributed by atoms with Crippen LogP contribution in [-0.2, 0) is 16.0 Å². The summed E-state index contributed by atoms with van der Waals surface area (Å²) in [6, 6.07) is 6.86. The molecule has 0 bridgehead atoms. The number of carbonyl (C=O) groups excluding carboxylic acids is 1. The first-order chi connectivity index (χ1) is 9.78. The molecule has 0 amide bonds. The highest BCUT2D eigenvalue weighted by atomic mass is 16.5. The van der Waals surface area contributed by atoms with Crippen molar-refractivity contribution in [2.75, 3.05) is 13.7 Å². The molecular weight excluding hydrogens is 252 g/mol. The predicted molar refractivity (Wildman–Crippen MR) is 76.7 cm³/mol. The van der Waals surface area contributed by atoms with Gasteiger partial charge in [0.2, 0.25) is 0 Å². The molecule has 1 unspecified atom stereocenters. The van der Waals surface area contributed by atoms with Gasteiger partial charge in [-0.1, -0.05) is 12.1 Å². The molecule has 1 aromatic carbocycles. The van der Waals surface area contributed by atoms with Gasteiger partial charge in [-0.3, -0.25) is 4.79 Å². The number of aromatic amines is 1. The second-order valence-corrected chi connectivity index (χ2v) is 5.86. The van der Waals surface area contributed by atoms with Crippen molar-refractivity contribution in [3.8, 4) is 0 Å². The van der Waals surface area contributed by atoms with Gasteiger partial charge in [-0.05, 0) is 30.0 Å². The lowest BCUT2D eigenvalue weighted by atomic mass is 9.73. The number of fused-ring (bicyclic) bond motifs is 2. The van der Waals surface area contributed by atoms with Crippen molar-refractivity contribution in [1.82, 2.24) is 10.3 Å². The standard InChI is InChI=1S/C16H18N2O2/c1-20-16(19)10-5-12-11-3-2-4-13-15(11)9(7-17-13)6-14(12)18-8-10/h2-4,7,10,12,14,17-18H,5-6,8H2,1H3/t10?,12-,14-/m1/s1. The molecule has 2 aromatic rings. The summed E-state index contributed by atoms with van der Waals surface area (Å²) in [6.45, 7) is 0.726. The number of aromatic nitrogens is 1. The Morgan fingerprint density at radius 1 is 1.40 bits per heavy atom. The van der Waals surface area contributed by atoms with Crippen LogP contribution in [0.25, 0.3) is 10.9 Å². The molecule has 104 valence electrons. The molecule has 3 atom stereocenters. The number of rotatable bonds is 1. The Bertz CT molecular complexity index is 676. The van der Waals surface area contributed by atoms with Gasteiger partial charge in [0.25, 0.3) is 0 Å². The molecular formula is C16H18N2O2. The van der Waals surface area contributed by atoms with E-state index in [1.807, 2.05) is 0 Å². The first kappa shape index (κ1) is 12.0. The summed E-state index contributed by atoms with van der Waals surface area (Å²) in [5.74, 6) is 0.278. The molecule has 20 heavy (non-hydrogen) atoms. The van der Waals surface area contributed by atoms with Gasteiger partial charge >= 0.3 is 5.97 Å². The molecule has 1 saturated heterocycles. The minimum atomic E-state index is -0.0945. The average molecular weight is 270 g/mol. The van der Waals surface area contributed by atoms with Gasteiger partial charge in [0.15, 0.2) is 0 Å². The summed E-state index contributed by atoms with van der Waals surface area (Å²) in [7, 11) is 1.47. The van der Waals surface area contributed by atoms with E-state index < -0.39 is 0 Å². The van der Waals surface area contributed by atoms with Crippen molar-refractivity contribution >= 4 is 16.9 Å². The number of piperidine rings is 1. The molecule has 2 N–H and O–H groups in total. The van der Waals surface area contributed by atoms with Gasteiger partial charge in [-0.2, -0.15) is 0 Å². The Hall–Kier alpha value is -1.81. The number of carbonyl (C=O) groups is 1. The number of esters is 1. The van der Waals surface area contributed by atoms with Crippen molar-refractivity contribution in [1.29, 1.82) is 0 Å². The molecule has 0 saturated carbocycles. The number of benzene rings is 1. The number of nitrogens with one attached hydrogen (secondary N) is 2. The zero-order valence-electron chi connectivity index (χ0n) is 11.5. The van der Waals surface area contributed by atoms with Gasteiger partial charge in [0.05, 0.1) is 13.0 Å². The summed E-state index contributed by atoms with van der Waals surface area (Å²) in [4.78, 5) is 15.2. The van der Waals surface area contributed by atoms with Crippen LogP contribution in [0.5, 0.6) is 0 Å². The fourth-order valence-corrected chi connectivity index (χ4v) is 3.89. The van der Waals surface area contributed by atoms with Gasteiger partial charge in [0.1, 0.15) is 0 Å². The fourth-order valence-electron chi connectivity index (χ4n) is 3.89. The maximum atomic E-state index is 11.8. The second-order valence-electron chi connectivity index (χ2n) is 5.86. The molecule has 1 aliphatic carbocycles. The van der Waals surface area contributed by atoms with E-state index in [4.69, 9.17) is 4.74 Å². The van der Waals surface area contributed by atoms with Crippen molar-refractivity contribution in [3.63, 3.8) is 0 Å².